The lowest BCUT2D eigenvalue weighted by Gasteiger charge is -2.22. The number of rotatable bonds is 4. The largest absolute Gasteiger partial charge is 0.337 e. The van der Waals surface area contributed by atoms with Crippen molar-refractivity contribution in [3.8, 4) is 0 Å². The number of hydrogen-bond acceptors (Lipinski definition) is 6. The van der Waals surface area contributed by atoms with E-state index in [4.69, 9.17) is 4.52 Å². The summed E-state index contributed by atoms with van der Waals surface area (Å²) in [7, 11) is 0. The Morgan fingerprint density at radius 3 is 3.00 bits per heavy atom. The van der Waals surface area contributed by atoms with Gasteiger partial charge in [0.25, 0.3) is 0 Å². The smallest absolute Gasteiger partial charge is 0.246 e. The van der Waals surface area contributed by atoms with Gasteiger partial charge in [-0.1, -0.05) is 12.1 Å². The molecular formula is C13H18N4OS. The topological polar surface area (TPSA) is 63.8 Å². The molecule has 6 heteroatoms. The van der Waals surface area contributed by atoms with Crippen LogP contribution in [-0.2, 0) is 12.0 Å². The molecule has 3 rings (SSSR count). The second kappa shape index (κ2) is 5.02. The molecule has 0 radical (unpaired) electrons. The summed E-state index contributed by atoms with van der Waals surface area (Å²) in [6, 6.07) is 0. The van der Waals surface area contributed by atoms with Gasteiger partial charge in [-0.2, -0.15) is 4.98 Å². The first-order valence-electron chi connectivity index (χ1n) is 6.71. The highest BCUT2D eigenvalue weighted by molar-refractivity contribution is 7.09. The van der Waals surface area contributed by atoms with Crippen LogP contribution in [0.15, 0.2) is 9.90 Å². The molecule has 1 N–H and O–H groups in total. The van der Waals surface area contributed by atoms with Crippen molar-refractivity contribution in [2.45, 2.75) is 45.1 Å². The van der Waals surface area contributed by atoms with Crippen LogP contribution in [0.4, 0.5) is 0 Å². The maximum Gasteiger partial charge on any atom is 0.246 e. The lowest BCUT2D eigenvalue weighted by atomic mass is 9.94. The lowest BCUT2D eigenvalue weighted by molar-refractivity contribution is 0.249. The third-order valence-corrected chi connectivity index (χ3v) is 4.55. The predicted octanol–water partition coefficient (Wildman–Crippen LogP) is 2.41. The van der Waals surface area contributed by atoms with Crippen molar-refractivity contribution in [3.63, 3.8) is 0 Å². The molecule has 1 fully saturated rings. The minimum absolute atomic E-state index is 0.108. The maximum absolute atomic E-state index is 5.47. The standard InChI is InChI=1S/C13H18N4OS/c1-3-13(5-4-6-14-13)12-16-11(17-18-12)7-10-8-19-9(2)15-10/h8,14H,3-7H2,1-2H3. The quantitative estimate of drug-likeness (QED) is 0.930. The van der Waals surface area contributed by atoms with Crippen molar-refractivity contribution in [3.05, 3.63) is 27.8 Å². The summed E-state index contributed by atoms with van der Waals surface area (Å²) < 4.78 is 5.47. The summed E-state index contributed by atoms with van der Waals surface area (Å²) in [5, 5.41) is 10.7. The van der Waals surface area contributed by atoms with Crippen LogP contribution in [0, 0.1) is 6.92 Å². The molecule has 0 aliphatic carbocycles. The average molecular weight is 278 g/mol. The van der Waals surface area contributed by atoms with Crippen molar-refractivity contribution < 1.29 is 4.52 Å². The van der Waals surface area contributed by atoms with Crippen LogP contribution in [0.25, 0.3) is 0 Å². The number of thiazole rings is 1. The van der Waals surface area contributed by atoms with Gasteiger partial charge in [0.05, 0.1) is 22.7 Å². The second-order valence-corrected chi connectivity index (χ2v) is 6.08. The number of hydrogen-bond donors (Lipinski definition) is 1. The summed E-state index contributed by atoms with van der Waals surface area (Å²) in [6.45, 7) is 5.19. The first-order chi connectivity index (χ1) is 9.22. The van der Waals surface area contributed by atoms with E-state index in [9.17, 15) is 0 Å². The average Bonchev–Trinajstić information content (AvgIpc) is 3.11. The molecule has 19 heavy (non-hydrogen) atoms. The molecule has 5 nitrogen and oxygen atoms in total. The summed E-state index contributed by atoms with van der Waals surface area (Å²) in [4.78, 5) is 9.00. The SMILES string of the molecule is CCC1(c2nc(Cc3csc(C)n3)no2)CCCN1. The third kappa shape index (κ3) is 2.42. The van der Waals surface area contributed by atoms with Crippen LogP contribution in [0.2, 0.25) is 0 Å². The van der Waals surface area contributed by atoms with Crippen molar-refractivity contribution in [2.24, 2.45) is 0 Å². The number of nitrogens with zero attached hydrogens (tertiary/aromatic N) is 3. The van der Waals surface area contributed by atoms with Gasteiger partial charge in [-0.3, -0.25) is 0 Å². The Morgan fingerprint density at radius 1 is 1.47 bits per heavy atom. The van der Waals surface area contributed by atoms with E-state index in [0.717, 1.165) is 48.2 Å². The van der Waals surface area contributed by atoms with Gasteiger partial charge >= 0.3 is 0 Å². The Hall–Kier alpha value is -1.27. The monoisotopic (exact) mass is 278 g/mol. The second-order valence-electron chi connectivity index (χ2n) is 5.02. The van der Waals surface area contributed by atoms with Gasteiger partial charge in [-0.05, 0) is 32.7 Å². The van der Waals surface area contributed by atoms with Crippen LogP contribution in [-0.4, -0.2) is 21.7 Å². The number of aryl methyl sites for hydroxylation is 1. The van der Waals surface area contributed by atoms with E-state index in [2.05, 4.69) is 32.7 Å². The van der Waals surface area contributed by atoms with Gasteiger partial charge in [0.1, 0.15) is 0 Å². The van der Waals surface area contributed by atoms with Crippen LogP contribution in [0.3, 0.4) is 0 Å². The fourth-order valence-electron chi connectivity index (χ4n) is 2.61. The van der Waals surface area contributed by atoms with Crippen molar-refractivity contribution in [1.29, 1.82) is 0 Å². The van der Waals surface area contributed by atoms with Gasteiger partial charge in [0, 0.05) is 5.38 Å². The minimum Gasteiger partial charge on any atom is -0.337 e. The molecule has 2 aromatic heterocycles. The molecule has 0 aromatic carbocycles. The van der Waals surface area contributed by atoms with E-state index in [0.29, 0.717) is 6.42 Å². The van der Waals surface area contributed by atoms with Crippen LogP contribution < -0.4 is 5.32 Å². The van der Waals surface area contributed by atoms with Crippen LogP contribution in [0.5, 0.6) is 0 Å². The fourth-order valence-corrected chi connectivity index (χ4v) is 3.23. The van der Waals surface area contributed by atoms with E-state index in [1.807, 2.05) is 6.92 Å². The first-order valence-corrected chi connectivity index (χ1v) is 7.59. The lowest BCUT2D eigenvalue weighted by Crippen LogP contribution is -2.36. The Labute approximate surface area is 116 Å². The predicted molar refractivity (Wildman–Crippen MR) is 73.2 cm³/mol. The Balaban J connectivity index is 1.79. The van der Waals surface area contributed by atoms with Crippen LogP contribution in [0.1, 0.15) is 48.6 Å². The highest BCUT2D eigenvalue weighted by Gasteiger charge is 2.38. The zero-order valence-corrected chi connectivity index (χ0v) is 12.1. The zero-order chi connectivity index (χ0) is 13.3. The van der Waals surface area contributed by atoms with Gasteiger partial charge < -0.3 is 9.84 Å². The van der Waals surface area contributed by atoms with Crippen molar-refractivity contribution >= 4 is 11.3 Å². The molecular weight excluding hydrogens is 260 g/mol. The normalized spacial score (nSPS) is 23.1. The summed E-state index contributed by atoms with van der Waals surface area (Å²) in [5.74, 6) is 1.45. The Bertz CT molecular complexity index is 556. The number of aromatic nitrogens is 3. The summed E-state index contributed by atoms with van der Waals surface area (Å²) in [5.41, 5.74) is 0.906. The van der Waals surface area contributed by atoms with E-state index < -0.39 is 0 Å². The fraction of sp³-hybridized carbons (Fsp3) is 0.615. The highest BCUT2D eigenvalue weighted by Crippen LogP contribution is 2.32. The molecule has 0 amide bonds. The molecule has 0 saturated carbocycles. The molecule has 0 spiro atoms. The molecule has 1 aliphatic rings. The molecule has 1 unspecified atom stereocenters. The molecule has 0 bridgehead atoms. The van der Waals surface area contributed by atoms with E-state index >= 15 is 0 Å². The third-order valence-electron chi connectivity index (χ3n) is 3.73. The van der Waals surface area contributed by atoms with Crippen LogP contribution >= 0.6 is 11.3 Å². The molecule has 1 saturated heterocycles. The van der Waals surface area contributed by atoms with Gasteiger partial charge in [-0.25, -0.2) is 4.98 Å². The summed E-state index contributed by atoms with van der Waals surface area (Å²) >= 11 is 1.65. The molecule has 1 aliphatic heterocycles. The van der Waals surface area contributed by atoms with E-state index in [1.54, 1.807) is 11.3 Å². The first kappa shape index (κ1) is 12.7. The maximum atomic E-state index is 5.47. The van der Waals surface area contributed by atoms with E-state index in [-0.39, 0.29) is 5.54 Å². The van der Waals surface area contributed by atoms with Gasteiger partial charge in [0.2, 0.25) is 5.89 Å². The van der Waals surface area contributed by atoms with Crippen molar-refractivity contribution in [2.75, 3.05) is 6.54 Å². The Morgan fingerprint density at radius 2 is 2.37 bits per heavy atom. The van der Waals surface area contributed by atoms with Gasteiger partial charge in [0.15, 0.2) is 5.82 Å². The molecule has 3 heterocycles. The minimum atomic E-state index is -0.108. The Kier molecular flexibility index (Phi) is 3.36. The highest BCUT2D eigenvalue weighted by atomic mass is 32.1. The zero-order valence-electron chi connectivity index (χ0n) is 11.3. The van der Waals surface area contributed by atoms with Crippen molar-refractivity contribution in [1.82, 2.24) is 20.4 Å². The van der Waals surface area contributed by atoms with Gasteiger partial charge in [-0.15, -0.1) is 11.3 Å². The molecule has 2 aromatic rings. The number of nitrogens with one attached hydrogen (secondary N) is 1. The summed E-state index contributed by atoms with van der Waals surface area (Å²) in [6.07, 6.45) is 3.86. The molecule has 102 valence electrons. The molecule has 1 atom stereocenters. The van der Waals surface area contributed by atoms with E-state index in [1.165, 1.54) is 0 Å².